The van der Waals surface area contributed by atoms with Crippen LogP contribution in [-0.4, -0.2) is 33.3 Å². The molecule has 0 aliphatic heterocycles. The highest BCUT2D eigenvalue weighted by Crippen LogP contribution is 2.23. The van der Waals surface area contributed by atoms with Crippen molar-refractivity contribution in [2.75, 3.05) is 0 Å². The number of alkyl halides is 3. The van der Waals surface area contributed by atoms with Crippen molar-refractivity contribution in [3.63, 3.8) is 0 Å². The number of hydrogen-bond donors (Lipinski definition) is 1. The molecule has 0 bridgehead atoms. The van der Waals surface area contributed by atoms with Crippen molar-refractivity contribution in [2.24, 2.45) is 0 Å². The molecule has 1 atom stereocenters. The van der Waals surface area contributed by atoms with E-state index in [0.29, 0.717) is 0 Å². The van der Waals surface area contributed by atoms with Crippen molar-refractivity contribution in [3.05, 3.63) is 18.1 Å². The second-order valence-corrected chi connectivity index (χ2v) is 3.29. The summed E-state index contributed by atoms with van der Waals surface area (Å²) in [4.78, 5) is 17.4. The summed E-state index contributed by atoms with van der Waals surface area (Å²) >= 11 is 0. The first kappa shape index (κ1) is 13.2. The highest BCUT2D eigenvalue weighted by atomic mass is 19.4. The van der Waals surface area contributed by atoms with Gasteiger partial charge in [-0.05, 0) is 6.92 Å². The standard InChI is InChI=1S/C9H9F3N2O3/c1-5(2-9(10,11)12)17-7-4-13-6(3-14-7)8(15)16/h3-5H,2H2,1H3,(H,15,16). The maximum Gasteiger partial charge on any atom is 0.392 e. The molecular weight excluding hydrogens is 241 g/mol. The topological polar surface area (TPSA) is 72.3 Å². The zero-order valence-electron chi connectivity index (χ0n) is 8.73. The van der Waals surface area contributed by atoms with Crippen molar-refractivity contribution < 1.29 is 27.8 Å². The van der Waals surface area contributed by atoms with Gasteiger partial charge in [-0.25, -0.2) is 14.8 Å². The second kappa shape index (κ2) is 4.98. The SMILES string of the molecule is CC(CC(F)(F)F)Oc1cnc(C(=O)O)cn1. The maximum atomic E-state index is 12.0. The number of hydrogen-bond acceptors (Lipinski definition) is 4. The van der Waals surface area contributed by atoms with Gasteiger partial charge in [-0.2, -0.15) is 13.2 Å². The van der Waals surface area contributed by atoms with E-state index in [2.05, 4.69) is 9.97 Å². The van der Waals surface area contributed by atoms with Gasteiger partial charge in [0, 0.05) is 0 Å². The third-order valence-corrected chi connectivity index (χ3v) is 1.69. The van der Waals surface area contributed by atoms with Gasteiger partial charge in [-0.3, -0.25) is 0 Å². The van der Waals surface area contributed by atoms with Crippen molar-refractivity contribution in [1.29, 1.82) is 0 Å². The number of carboxylic acid groups (broad SMARTS) is 1. The monoisotopic (exact) mass is 250 g/mol. The number of aromatic carboxylic acids is 1. The summed E-state index contributed by atoms with van der Waals surface area (Å²) in [6, 6.07) is 0. The van der Waals surface area contributed by atoms with Crippen LogP contribution in [0.3, 0.4) is 0 Å². The smallest absolute Gasteiger partial charge is 0.392 e. The molecule has 0 fully saturated rings. The van der Waals surface area contributed by atoms with Gasteiger partial charge in [-0.1, -0.05) is 0 Å². The van der Waals surface area contributed by atoms with Crippen molar-refractivity contribution in [2.45, 2.75) is 25.6 Å². The van der Waals surface area contributed by atoms with Gasteiger partial charge >= 0.3 is 12.1 Å². The molecule has 1 rings (SSSR count). The van der Waals surface area contributed by atoms with Crippen LogP contribution in [0.2, 0.25) is 0 Å². The third kappa shape index (κ3) is 4.66. The predicted octanol–water partition coefficient (Wildman–Crippen LogP) is 1.89. The average Bonchev–Trinajstić information content (AvgIpc) is 2.15. The summed E-state index contributed by atoms with van der Waals surface area (Å²) in [5, 5.41) is 8.52. The summed E-state index contributed by atoms with van der Waals surface area (Å²) in [7, 11) is 0. The molecule has 0 aromatic carbocycles. The van der Waals surface area contributed by atoms with Crippen LogP contribution in [0.5, 0.6) is 5.88 Å². The fourth-order valence-electron chi connectivity index (χ4n) is 1.06. The van der Waals surface area contributed by atoms with Gasteiger partial charge in [0.1, 0.15) is 6.10 Å². The van der Waals surface area contributed by atoms with Gasteiger partial charge in [0.2, 0.25) is 5.88 Å². The third-order valence-electron chi connectivity index (χ3n) is 1.69. The molecule has 17 heavy (non-hydrogen) atoms. The van der Waals surface area contributed by atoms with Crippen LogP contribution >= 0.6 is 0 Å². The molecule has 0 amide bonds. The fourth-order valence-corrected chi connectivity index (χ4v) is 1.06. The first-order valence-corrected chi connectivity index (χ1v) is 4.56. The fraction of sp³-hybridized carbons (Fsp3) is 0.444. The summed E-state index contributed by atoms with van der Waals surface area (Å²) in [5.41, 5.74) is -0.305. The molecule has 5 nitrogen and oxygen atoms in total. The van der Waals surface area contributed by atoms with Gasteiger partial charge in [0.15, 0.2) is 5.69 Å². The summed E-state index contributed by atoms with van der Waals surface area (Å²) < 4.78 is 40.8. The Bertz CT molecular complexity index is 391. The lowest BCUT2D eigenvalue weighted by Gasteiger charge is -2.15. The van der Waals surface area contributed by atoms with E-state index in [-0.39, 0.29) is 11.6 Å². The Labute approximate surface area is 94.3 Å². The van der Waals surface area contributed by atoms with E-state index in [1.54, 1.807) is 0 Å². The van der Waals surface area contributed by atoms with Gasteiger partial charge in [-0.15, -0.1) is 0 Å². The number of halogens is 3. The molecule has 94 valence electrons. The largest absolute Gasteiger partial charge is 0.476 e. The Balaban J connectivity index is 2.60. The predicted molar refractivity (Wildman–Crippen MR) is 49.8 cm³/mol. The molecule has 0 saturated carbocycles. The van der Waals surface area contributed by atoms with E-state index >= 15 is 0 Å². The summed E-state index contributed by atoms with van der Waals surface area (Å²) in [5.74, 6) is -1.42. The molecule has 1 aromatic heterocycles. The van der Waals surface area contributed by atoms with Crippen LogP contribution < -0.4 is 4.74 Å². The second-order valence-electron chi connectivity index (χ2n) is 3.29. The Hall–Kier alpha value is -1.86. The molecule has 0 aliphatic rings. The van der Waals surface area contributed by atoms with E-state index in [9.17, 15) is 18.0 Å². The highest BCUT2D eigenvalue weighted by molar-refractivity contribution is 5.84. The number of carbonyl (C=O) groups is 1. The normalized spacial score (nSPS) is 13.2. The molecule has 0 spiro atoms. The molecule has 0 saturated heterocycles. The van der Waals surface area contributed by atoms with E-state index in [1.165, 1.54) is 6.92 Å². The van der Waals surface area contributed by atoms with Crippen LogP contribution in [0, 0.1) is 0 Å². The molecule has 0 aliphatic carbocycles. The quantitative estimate of drug-likeness (QED) is 0.883. The van der Waals surface area contributed by atoms with Crippen LogP contribution in [0.4, 0.5) is 13.2 Å². The molecule has 8 heteroatoms. The first-order valence-electron chi connectivity index (χ1n) is 4.56. The number of aromatic nitrogens is 2. The van der Waals surface area contributed by atoms with E-state index in [4.69, 9.17) is 9.84 Å². The van der Waals surface area contributed by atoms with E-state index in [1.807, 2.05) is 0 Å². The Morgan fingerprint density at radius 2 is 2.12 bits per heavy atom. The molecule has 1 unspecified atom stereocenters. The number of rotatable bonds is 4. The van der Waals surface area contributed by atoms with Gasteiger partial charge in [0.25, 0.3) is 0 Å². The zero-order chi connectivity index (χ0) is 13.1. The zero-order valence-corrected chi connectivity index (χ0v) is 8.73. The highest BCUT2D eigenvalue weighted by Gasteiger charge is 2.31. The van der Waals surface area contributed by atoms with Crippen LogP contribution in [0.15, 0.2) is 12.4 Å². The molecule has 1 heterocycles. The molecular formula is C9H9F3N2O3. The minimum Gasteiger partial charge on any atom is -0.476 e. The lowest BCUT2D eigenvalue weighted by molar-refractivity contribution is -0.149. The van der Waals surface area contributed by atoms with Crippen LogP contribution in [-0.2, 0) is 0 Å². The van der Waals surface area contributed by atoms with Crippen LogP contribution in [0.25, 0.3) is 0 Å². The Morgan fingerprint density at radius 1 is 1.47 bits per heavy atom. The summed E-state index contributed by atoms with van der Waals surface area (Å²) in [6.45, 7) is 1.24. The number of carboxylic acids is 1. The minimum atomic E-state index is -4.33. The lowest BCUT2D eigenvalue weighted by Crippen LogP contribution is -2.22. The number of ether oxygens (including phenoxy) is 1. The van der Waals surface area contributed by atoms with Gasteiger partial charge in [0.05, 0.1) is 18.8 Å². The van der Waals surface area contributed by atoms with Crippen LogP contribution in [0.1, 0.15) is 23.8 Å². The van der Waals surface area contributed by atoms with Crippen molar-refractivity contribution >= 4 is 5.97 Å². The molecule has 1 aromatic rings. The minimum absolute atomic E-state index is 0.147. The Kier molecular flexibility index (Phi) is 3.87. The molecule has 0 radical (unpaired) electrons. The van der Waals surface area contributed by atoms with E-state index < -0.39 is 24.7 Å². The number of nitrogens with zero attached hydrogens (tertiary/aromatic N) is 2. The average molecular weight is 250 g/mol. The maximum absolute atomic E-state index is 12.0. The lowest BCUT2D eigenvalue weighted by atomic mass is 10.3. The summed E-state index contributed by atoms with van der Waals surface area (Å²) in [6.07, 6.45) is -4.67. The van der Waals surface area contributed by atoms with Crippen molar-refractivity contribution in [1.82, 2.24) is 9.97 Å². The van der Waals surface area contributed by atoms with E-state index in [0.717, 1.165) is 12.4 Å². The first-order chi connectivity index (χ1) is 7.78. The Morgan fingerprint density at radius 3 is 2.53 bits per heavy atom. The van der Waals surface area contributed by atoms with Gasteiger partial charge < -0.3 is 9.84 Å². The molecule has 1 N–H and O–H groups in total. The van der Waals surface area contributed by atoms with Crippen molar-refractivity contribution in [3.8, 4) is 5.88 Å².